The maximum absolute atomic E-state index is 13.5. The number of esters is 4. The molecular weight excluding hydrogens is 672 g/mol. The summed E-state index contributed by atoms with van der Waals surface area (Å²) in [6.07, 6.45) is -4.90. The molecule has 0 heterocycles. The normalized spacial score (nSPS) is 11.6. The molecule has 4 aromatic rings. The fourth-order valence-corrected chi connectivity index (χ4v) is 4.61. The lowest BCUT2D eigenvalue weighted by Crippen LogP contribution is -2.54. The first-order chi connectivity index (χ1) is 24.3. The lowest BCUT2D eigenvalue weighted by Gasteiger charge is -2.24. The van der Waals surface area contributed by atoms with Crippen LogP contribution in [0, 0.1) is 0 Å². The molecule has 0 aliphatic heterocycles. The molecule has 264 valence electrons. The Labute approximate surface area is 289 Å². The molecule has 0 radical (unpaired) electrons. The lowest BCUT2D eigenvalue weighted by molar-refractivity contribution is -0.159. The molecule has 4 aromatic carbocycles. The molecule has 16 nitrogen and oxygen atoms in total. The van der Waals surface area contributed by atoms with E-state index in [-0.39, 0.29) is 39.7 Å². The van der Waals surface area contributed by atoms with E-state index in [0.29, 0.717) is 10.8 Å². The van der Waals surface area contributed by atoms with Crippen molar-refractivity contribution in [3.05, 3.63) is 95.6 Å². The van der Waals surface area contributed by atoms with Gasteiger partial charge in [-0.05, 0) is 53.2 Å². The highest BCUT2D eigenvalue weighted by molar-refractivity contribution is 6.07. The summed E-state index contributed by atoms with van der Waals surface area (Å²) in [7, 11) is 2.44. The molecule has 0 unspecified atom stereocenters. The van der Waals surface area contributed by atoms with Crippen LogP contribution in [0.4, 0.5) is 0 Å². The van der Waals surface area contributed by atoms with E-state index >= 15 is 0 Å². The average molecular weight is 703 g/mol. The van der Waals surface area contributed by atoms with Crippen molar-refractivity contribution < 1.29 is 67.1 Å². The Kier molecular flexibility index (Phi) is 11.9. The van der Waals surface area contributed by atoms with Gasteiger partial charge < -0.3 is 33.5 Å². The number of carboxylic acid groups (broad SMARTS) is 1. The van der Waals surface area contributed by atoms with E-state index in [1.807, 2.05) is 5.43 Å². The third-order valence-electron chi connectivity index (χ3n) is 6.88. The molecule has 16 heteroatoms. The molecule has 51 heavy (non-hydrogen) atoms. The van der Waals surface area contributed by atoms with Crippen LogP contribution in [0.25, 0.3) is 10.8 Å². The summed E-state index contributed by atoms with van der Waals surface area (Å²) in [6, 6.07) is 18.6. The van der Waals surface area contributed by atoms with Gasteiger partial charge >= 0.3 is 29.8 Å². The third-order valence-corrected chi connectivity index (χ3v) is 6.88. The number of benzene rings is 4. The van der Waals surface area contributed by atoms with E-state index < -0.39 is 53.9 Å². The monoisotopic (exact) mass is 702 g/mol. The highest BCUT2D eigenvalue weighted by Crippen LogP contribution is 2.30. The van der Waals surface area contributed by atoms with Gasteiger partial charge in [-0.1, -0.05) is 36.4 Å². The topological polar surface area (TPSA) is 219 Å². The second-order valence-corrected chi connectivity index (χ2v) is 10.4. The van der Waals surface area contributed by atoms with Crippen molar-refractivity contribution in [2.75, 3.05) is 14.2 Å². The molecule has 0 fully saturated rings. The molecule has 0 spiro atoms. The molecule has 3 N–H and O–H groups in total. The fourth-order valence-electron chi connectivity index (χ4n) is 4.61. The van der Waals surface area contributed by atoms with Crippen LogP contribution in [-0.4, -0.2) is 73.2 Å². The Balaban J connectivity index is 1.65. The summed E-state index contributed by atoms with van der Waals surface area (Å²) in [4.78, 5) is 88.5. The van der Waals surface area contributed by atoms with E-state index in [1.54, 1.807) is 36.4 Å². The van der Waals surface area contributed by atoms with Gasteiger partial charge in [0.1, 0.15) is 0 Å². The van der Waals surface area contributed by atoms with E-state index in [9.17, 15) is 38.7 Å². The number of amides is 2. The van der Waals surface area contributed by atoms with Gasteiger partial charge in [0.25, 0.3) is 11.8 Å². The number of ether oxygens (including phenoxy) is 6. The first kappa shape index (κ1) is 36.9. The predicted octanol–water partition coefficient (Wildman–Crippen LogP) is 3.00. The fraction of sp³-hybridized carbons (Fsp3) is 0.171. The summed E-state index contributed by atoms with van der Waals surface area (Å²) in [5.41, 5.74) is 3.74. The van der Waals surface area contributed by atoms with Crippen molar-refractivity contribution in [3.63, 3.8) is 0 Å². The van der Waals surface area contributed by atoms with Crippen molar-refractivity contribution in [2.24, 2.45) is 0 Å². The number of carbonyl (C=O) groups excluding carboxylic acids is 6. The molecule has 0 saturated carbocycles. The van der Waals surface area contributed by atoms with E-state index in [0.717, 1.165) is 38.1 Å². The minimum atomic E-state index is -2.49. The Morgan fingerprint density at radius 2 is 1.12 bits per heavy atom. The lowest BCUT2D eigenvalue weighted by atomic mass is 10.0. The molecule has 0 bridgehead atoms. The third kappa shape index (κ3) is 9.14. The standard InChI is InChI=1S/C35H30N2O14/c1-18(38)48-25-14-12-21(16-27(25)46-3)34(44)50-29(32(41)37-36-31(40)24-11-7-9-20-8-5-6-10-23(20)24)30(33(42)43)51-35(45)22-13-15-26(49-19(2)39)28(17-22)47-4/h5-17,29-30H,1-4H3,(H,36,40)(H,37,41)(H,42,43)/t29-,30-/m0/s1. The number of rotatable bonds is 12. The molecule has 2 amide bonds. The van der Waals surface area contributed by atoms with Gasteiger partial charge in [-0.3, -0.25) is 30.0 Å². The minimum Gasteiger partial charge on any atom is -0.493 e. The number of fused-ring (bicyclic) bond motifs is 1. The predicted molar refractivity (Wildman–Crippen MR) is 174 cm³/mol. The van der Waals surface area contributed by atoms with E-state index in [4.69, 9.17) is 28.4 Å². The van der Waals surface area contributed by atoms with Gasteiger partial charge in [-0.2, -0.15) is 0 Å². The van der Waals surface area contributed by atoms with Gasteiger partial charge in [-0.15, -0.1) is 0 Å². The first-order valence-electron chi connectivity index (χ1n) is 14.8. The number of hydrogen-bond acceptors (Lipinski definition) is 13. The minimum absolute atomic E-state index is 0.0559. The molecular formula is C35H30N2O14. The van der Waals surface area contributed by atoms with Crippen LogP contribution in [-0.2, 0) is 28.7 Å². The van der Waals surface area contributed by atoms with Crippen LogP contribution in [0.15, 0.2) is 78.9 Å². The number of carbonyl (C=O) groups is 7. The van der Waals surface area contributed by atoms with Gasteiger partial charge in [0.15, 0.2) is 23.0 Å². The molecule has 4 rings (SSSR count). The van der Waals surface area contributed by atoms with Crippen molar-refractivity contribution in [1.82, 2.24) is 10.9 Å². The average Bonchev–Trinajstić information content (AvgIpc) is 3.11. The molecule has 0 aromatic heterocycles. The molecule has 2 atom stereocenters. The summed E-state index contributed by atoms with van der Waals surface area (Å²) in [5.74, 6) is -8.38. The van der Waals surface area contributed by atoms with Crippen LogP contribution in [0.1, 0.15) is 44.9 Å². The largest absolute Gasteiger partial charge is 0.493 e. The first-order valence-corrected chi connectivity index (χ1v) is 14.8. The summed E-state index contributed by atoms with van der Waals surface area (Å²) >= 11 is 0. The van der Waals surface area contributed by atoms with Gasteiger partial charge in [-0.25, -0.2) is 14.4 Å². The zero-order chi connectivity index (χ0) is 37.2. The highest BCUT2D eigenvalue weighted by atomic mass is 16.6. The Hall–Kier alpha value is -6.97. The number of methoxy groups -OCH3 is 2. The van der Waals surface area contributed by atoms with Gasteiger partial charge in [0.05, 0.1) is 25.3 Å². The van der Waals surface area contributed by atoms with Crippen molar-refractivity contribution >= 4 is 52.4 Å². The van der Waals surface area contributed by atoms with Crippen LogP contribution in [0.3, 0.4) is 0 Å². The second-order valence-electron chi connectivity index (χ2n) is 10.4. The van der Waals surface area contributed by atoms with Crippen LogP contribution in [0.2, 0.25) is 0 Å². The zero-order valence-corrected chi connectivity index (χ0v) is 27.4. The van der Waals surface area contributed by atoms with Gasteiger partial charge in [0, 0.05) is 19.4 Å². The number of hydrogen-bond donors (Lipinski definition) is 3. The number of nitrogens with one attached hydrogen (secondary N) is 2. The quantitative estimate of drug-likeness (QED) is 0.110. The smallest absolute Gasteiger partial charge is 0.349 e. The Morgan fingerprint density at radius 1 is 0.608 bits per heavy atom. The Bertz CT molecular complexity index is 2020. The molecule has 0 aliphatic carbocycles. The van der Waals surface area contributed by atoms with Crippen molar-refractivity contribution in [2.45, 2.75) is 26.1 Å². The van der Waals surface area contributed by atoms with Crippen LogP contribution >= 0.6 is 0 Å². The maximum Gasteiger partial charge on any atom is 0.349 e. The summed E-state index contributed by atoms with van der Waals surface area (Å²) in [6.45, 7) is 2.28. The van der Waals surface area contributed by atoms with Crippen LogP contribution in [0.5, 0.6) is 23.0 Å². The zero-order valence-electron chi connectivity index (χ0n) is 27.4. The Morgan fingerprint density at radius 3 is 1.63 bits per heavy atom. The maximum atomic E-state index is 13.5. The van der Waals surface area contributed by atoms with Crippen molar-refractivity contribution in [3.8, 4) is 23.0 Å². The number of carboxylic acids is 1. The molecule has 0 saturated heterocycles. The van der Waals surface area contributed by atoms with E-state index in [1.165, 1.54) is 32.4 Å². The molecule has 0 aliphatic rings. The highest BCUT2D eigenvalue weighted by Gasteiger charge is 2.41. The summed E-state index contributed by atoms with van der Waals surface area (Å²) < 4.78 is 30.7. The number of hydrazine groups is 1. The number of aliphatic carboxylic acids is 1. The van der Waals surface area contributed by atoms with Gasteiger partial charge in [0.2, 0.25) is 12.2 Å². The second kappa shape index (κ2) is 16.4. The SMILES string of the molecule is COc1cc(C(=O)O[C@H](C(=O)O)[C@H](OC(=O)c2ccc(OC(C)=O)c(OC)c2)C(=O)NNC(=O)c2cccc3ccccc23)ccc1OC(C)=O. The van der Waals surface area contributed by atoms with E-state index in [2.05, 4.69) is 5.43 Å². The summed E-state index contributed by atoms with van der Waals surface area (Å²) in [5, 5.41) is 11.4. The van der Waals surface area contributed by atoms with Crippen molar-refractivity contribution in [1.29, 1.82) is 0 Å². The van der Waals surface area contributed by atoms with Crippen LogP contribution < -0.4 is 29.8 Å².